The van der Waals surface area contributed by atoms with E-state index in [9.17, 15) is 9.00 Å². The molecule has 1 spiro atoms. The van der Waals surface area contributed by atoms with Crippen molar-refractivity contribution >= 4 is 27.0 Å². The van der Waals surface area contributed by atoms with Crippen LogP contribution in [0.15, 0.2) is 29.0 Å². The molecular weight excluding hydrogens is 370 g/mol. The molecule has 0 bridgehead atoms. The Hall–Kier alpha value is -2.04. The van der Waals surface area contributed by atoms with Gasteiger partial charge in [0.05, 0.1) is 21.9 Å². The predicted molar refractivity (Wildman–Crippen MR) is 100 cm³/mol. The number of ether oxygens (including phenoxy) is 2. The summed E-state index contributed by atoms with van der Waals surface area (Å²) in [5, 5.41) is 4.22. The summed E-state index contributed by atoms with van der Waals surface area (Å²) in [4.78, 5) is 18.4. The molecule has 27 heavy (non-hydrogen) atoms. The third-order valence-electron chi connectivity index (χ3n) is 5.15. The number of fused-ring (bicyclic) bond motifs is 1. The SMILES string of the molecule is COCC(=O)N=S1(=O)CCC2(CC1)CN(c1ncnn3cccc13)CCO2. The molecule has 0 radical (unpaired) electrons. The third kappa shape index (κ3) is 3.69. The van der Waals surface area contributed by atoms with Crippen LogP contribution in [0.4, 0.5) is 5.82 Å². The van der Waals surface area contributed by atoms with E-state index in [-0.39, 0.29) is 12.2 Å². The number of nitrogens with zero attached hydrogens (tertiary/aromatic N) is 5. The molecule has 0 aliphatic carbocycles. The predicted octanol–water partition coefficient (Wildman–Crippen LogP) is 0.740. The van der Waals surface area contributed by atoms with Gasteiger partial charge >= 0.3 is 0 Å². The van der Waals surface area contributed by atoms with Crippen molar-refractivity contribution in [3.63, 3.8) is 0 Å². The van der Waals surface area contributed by atoms with Crippen molar-refractivity contribution in [1.29, 1.82) is 0 Å². The highest BCUT2D eigenvalue weighted by atomic mass is 32.2. The molecule has 2 aliphatic heterocycles. The summed E-state index contributed by atoms with van der Waals surface area (Å²) in [6.45, 7) is 1.86. The Morgan fingerprint density at radius 1 is 1.44 bits per heavy atom. The van der Waals surface area contributed by atoms with E-state index in [0.29, 0.717) is 37.5 Å². The van der Waals surface area contributed by atoms with Gasteiger partial charge in [0.25, 0.3) is 5.91 Å². The van der Waals surface area contributed by atoms with Crippen LogP contribution in [0.1, 0.15) is 12.8 Å². The van der Waals surface area contributed by atoms with Crippen LogP contribution in [0.25, 0.3) is 5.52 Å². The molecule has 4 heterocycles. The Labute approximate surface area is 157 Å². The molecule has 2 aromatic heterocycles. The molecular formula is C17H23N5O4S. The van der Waals surface area contributed by atoms with E-state index in [1.165, 1.54) is 7.11 Å². The Bertz CT molecular complexity index is 951. The molecule has 2 aromatic rings. The van der Waals surface area contributed by atoms with Crippen molar-refractivity contribution in [3.8, 4) is 0 Å². The maximum absolute atomic E-state index is 12.9. The quantitative estimate of drug-likeness (QED) is 0.758. The molecule has 0 aromatic carbocycles. The first kappa shape index (κ1) is 18.3. The highest BCUT2D eigenvalue weighted by molar-refractivity contribution is 7.93. The lowest BCUT2D eigenvalue weighted by Gasteiger charge is -2.45. The average Bonchev–Trinajstić information content (AvgIpc) is 3.14. The second-order valence-corrected chi connectivity index (χ2v) is 9.52. The number of aromatic nitrogens is 3. The van der Waals surface area contributed by atoms with E-state index < -0.39 is 15.6 Å². The van der Waals surface area contributed by atoms with Crippen molar-refractivity contribution < 1.29 is 18.5 Å². The minimum absolute atomic E-state index is 0.132. The van der Waals surface area contributed by atoms with E-state index in [1.54, 1.807) is 10.8 Å². The van der Waals surface area contributed by atoms with Crippen molar-refractivity contribution in [1.82, 2.24) is 14.6 Å². The Morgan fingerprint density at radius 2 is 2.26 bits per heavy atom. The average molecular weight is 393 g/mol. The number of hydrogen-bond donors (Lipinski definition) is 0. The zero-order valence-corrected chi connectivity index (χ0v) is 16.1. The van der Waals surface area contributed by atoms with E-state index in [1.807, 2.05) is 18.3 Å². The summed E-state index contributed by atoms with van der Waals surface area (Å²) in [7, 11) is -1.10. The molecule has 0 N–H and O–H groups in total. The first-order valence-electron chi connectivity index (χ1n) is 8.94. The molecule has 9 nitrogen and oxygen atoms in total. The number of carbonyl (C=O) groups excluding carboxylic acids is 1. The molecule has 0 saturated carbocycles. The highest BCUT2D eigenvalue weighted by Crippen LogP contribution is 2.34. The van der Waals surface area contributed by atoms with Crippen molar-refractivity contribution in [2.75, 3.05) is 49.8 Å². The van der Waals surface area contributed by atoms with E-state index in [0.717, 1.165) is 17.9 Å². The second kappa shape index (κ2) is 7.17. The fraction of sp³-hybridized carbons (Fsp3) is 0.588. The fourth-order valence-electron chi connectivity index (χ4n) is 3.77. The minimum atomic E-state index is -2.53. The molecule has 10 heteroatoms. The van der Waals surface area contributed by atoms with Gasteiger partial charge in [-0.15, -0.1) is 0 Å². The van der Waals surface area contributed by atoms with Gasteiger partial charge in [0, 0.05) is 37.9 Å². The van der Waals surface area contributed by atoms with Gasteiger partial charge < -0.3 is 14.4 Å². The van der Waals surface area contributed by atoms with Gasteiger partial charge in [-0.25, -0.2) is 13.7 Å². The number of hydrogen-bond acceptors (Lipinski definition) is 7. The third-order valence-corrected chi connectivity index (χ3v) is 7.37. The van der Waals surface area contributed by atoms with Crippen molar-refractivity contribution in [3.05, 3.63) is 24.7 Å². The number of amides is 1. The van der Waals surface area contributed by atoms with Crippen LogP contribution in [0.3, 0.4) is 0 Å². The second-order valence-electron chi connectivity index (χ2n) is 6.97. The largest absolute Gasteiger partial charge is 0.375 e. The van der Waals surface area contributed by atoms with Crippen molar-refractivity contribution in [2.24, 2.45) is 4.36 Å². The van der Waals surface area contributed by atoms with Crippen LogP contribution in [0.5, 0.6) is 0 Å². The van der Waals surface area contributed by atoms with Gasteiger partial charge in [-0.05, 0) is 25.0 Å². The summed E-state index contributed by atoms with van der Waals surface area (Å²) in [6.07, 6.45) is 4.66. The number of carbonyl (C=O) groups is 1. The van der Waals surface area contributed by atoms with Gasteiger partial charge in [0.1, 0.15) is 18.5 Å². The summed E-state index contributed by atoms with van der Waals surface area (Å²) in [5.74, 6) is 1.14. The molecule has 0 unspecified atom stereocenters. The van der Waals surface area contributed by atoms with Crippen LogP contribution in [-0.4, -0.2) is 75.2 Å². The van der Waals surface area contributed by atoms with E-state index >= 15 is 0 Å². The smallest absolute Gasteiger partial charge is 0.279 e. The Kier molecular flexibility index (Phi) is 4.87. The number of anilines is 1. The molecule has 2 saturated heterocycles. The zero-order valence-electron chi connectivity index (χ0n) is 15.2. The minimum Gasteiger partial charge on any atom is -0.375 e. The number of methoxy groups -OCH3 is 1. The lowest BCUT2D eigenvalue weighted by Crippen LogP contribution is -2.55. The Balaban J connectivity index is 1.52. The van der Waals surface area contributed by atoms with Gasteiger partial charge in [0.2, 0.25) is 0 Å². The maximum atomic E-state index is 12.9. The van der Waals surface area contributed by atoms with Crippen LogP contribution < -0.4 is 4.90 Å². The fourth-order valence-corrected chi connectivity index (χ4v) is 5.96. The highest BCUT2D eigenvalue weighted by Gasteiger charge is 2.42. The topological polar surface area (TPSA) is 98.4 Å². The van der Waals surface area contributed by atoms with E-state index in [2.05, 4.69) is 19.3 Å². The lowest BCUT2D eigenvalue weighted by atomic mass is 9.94. The van der Waals surface area contributed by atoms with Gasteiger partial charge in [-0.3, -0.25) is 4.79 Å². The molecule has 4 rings (SSSR count). The number of rotatable bonds is 3. The molecule has 1 amide bonds. The standard InChI is InChI=1S/C17H23N5O4S/c1-25-11-15(23)20-27(24)9-4-17(5-10-27)12-21(7-8-26-17)16-14-3-2-6-22(14)19-13-18-16/h2-3,6,13H,4-5,7-12H2,1H3. The van der Waals surface area contributed by atoms with Crippen LogP contribution in [-0.2, 0) is 24.0 Å². The maximum Gasteiger partial charge on any atom is 0.279 e. The van der Waals surface area contributed by atoms with Gasteiger partial charge in [-0.1, -0.05) is 0 Å². The van der Waals surface area contributed by atoms with Crippen molar-refractivity contribution in [2.45, 2.75) is 18.4 Å². The van der Waals surface area contributed by atoms with Gasteiger partial charge in [0.15, 0.2) is 5.82 Å². The molecule has 2 aliphatic rings. The summed E-state index contributed by atoms with van der Waals surface area (Å²) in [5.41, 5.74) is 0.572. The summed E-state index contributed by atoms with van der Waals surface area (Å²) < 4.78 is 29.5. The first-order chi connectivity index (χ1) is 13.0. The number of morpholine rings is 1. The summed E-state index contributed by atoms with van der Waals surface area (Å²) >= 11 is 0. The van der Waals surface area contributed by atoms with Gasteiger partial charge in [-0.2, -0.15) is 9.46 Å². The summed E-state index contributed by atoms with van der Waals surface area (Å²) in [6, 6.07) is 3.93. The van der Waals surface area contributed by atoms with E-state index in [4.69, 9.17) is 9.47 Å². The van der Waals surface area contributed by atoms with Crippen LogP contribution in [0, 0.1) is 0 Å². The molecule has 0 atom stereocenters. The first-order valence-corrected chi connectivity index (χ1v) is 10.8. The zero-order chi connectivity index (χ0) is 18.9. The van der Waals surface area contributed by atoms with Crippen LogP contribution in [0.2, 0.25) is 0 Å². The Morgan fingerprint density at radius 3 is 3.04 bits per heavy atom. The van der Waals surface area contributed by atoms with Crippen LogP contribution >= 0.6 is 0 Å². The molecule has 2 fully saturated rings. The monoisotopic (exact) mass is 393 g/mol. The molecule has 146 valence electrons. The normalized spacial score (nSPS) is 28.6. The lowest BCUT2D eigenvalue weighted by molar-refractivity contribution is -0.121.